The SMILES string of the molecule is CC/C(=C\c1cncnc1)C(=O)O. The zero-order valence-electron chi connectivity index (χ0n) is 7.27. The smallest absolute Gasteiger partial charge is 0.331 e. The number of nitrogens with zero attached hydrogens (tertiary/aromatic N) is 2. The minimum Gasteiger partial charge on any atom is -0.478 e. The maximum Gasteiger partial charge on any atom is 0.331 e. The van der Waals surface area contributed by atoms with Gasteiger partial charge >= 0.3 is 5.97 Å². The van der Waals surface area contributed by atoms with Gasteiger partial charge in [0.2, 0.25) is 0 Å². The second-order valence-corrected chi connectivity index (χ2v) is 2.50. The predicted molar refractivity (Wildman–Crippen MR) is 47.9 cm³/mol. The molecule has 0 aromatic carbocycles. The van der Waals surface area contributed by atoms with Crippen LogP contribution in [0.4, 0.5) is 0 Å². The van der Waals surface area contributed by atoms with Crippen LogP contribution < -0.4 is 0 Å². The molecule has 0 unspecified atom stereocenters. The Morgan fingerprint density at radius 3 is 2.62 bits per heavy atom. The van der Waals surface area contributed by atoms with Crippen molar-refractivity contribution in [2.45, 2.75) is 13.3 Å². The second-order valence-electron chi connectivity index (χ2n) is 2.50. The van der Waals surface area contributed by atoms with Crippen LogP contribution in [-0.2, 0) is 4.79 Å². The van der Waals surface area contributed by atoms with Gasteiger partial charge in [0.25, 0.3) is 0 Å². The molecule has 0 aliphatic heterocycles. The summed E-state index contributed by atoms with van der Waals surface area (Å²) in [5.74, 6) is -0.897. The summed E-state index contributed by atoms with van der Waals surface area (Å²) in [5.41, 5.74) is 1.07. The van der Waals surface area contributed by atoms with E-state index in [-0.39, 0.29) is 0 Å². The molecule has 1 rings (SSSR count). The first-order chi connectivity index (χ1) is 6.24. The lowest BCUT2D eigenvalue weighted by Gasteiger charge is -1.96. The van der Waals surface area contributed by atoms with Crippen LogP contribution in [-0.4, -0.2) is 21.0 Å². The van der Waals surface area contributed by atoms with Crippen LogP contribution >= 0.6 is 0 Å². The summed E-state index contributed by atoms with van der Waals surface area (Å²) >= 11 is 0. The van der Waals surface area contributed by atoms with Crippen LogP contribution in [0, 0.1) is 0 Å². The van der Waals surface area contributed by atoms with Gasteiger partial charge in [0, 0.05) is 23.5 Å². The zero-order chi connectivity index (χ0) is 9.68. The van der Waals surface area contributed by atoms with Crippen molar-refractivity contribution >= 4 is 12.0 Å². The van der Waals surface area contributed by atoms with Gasteiger partial charge in [-0.3, -0.25) is 0 Å². The maximum absolute atomic E-state index is 10.6. The molecule has 1 N–H and O–H groups in total. The molecule has 4 heteroatoms. The third-order valence-corrected chi connectivity index (χ3v) is 1.58. The number of hydrogen-bond acceptors (Lipinski definition) is 3. The molecular weight excluding hydrogens is 168 g/mol. The van der Waals surface area contributed by atoms with Crippen molar-refractivity contribution in [3.8, 4) is 0 Å². The van der Waals surface area contributed by atoms with E-state index in [9.17, 15) is 4.79 Å². The van der Waals surface area contributed by atoms with Crippen molar-refractivity contribution in [1.29, 1.82) is 0 Å². The summed E-state index contributed by atoms with van der Waals surface area (Å²) in [6.07, 6.45) is 6.62. The third kappa shape index (κ3) is 2.66. The molecule has 0 saturated carbocycles. The Balaban J connectivity index is 2.92. The number of carbonyl (C=O) groups is 1. The van der Waals surface area contributed by atoms with Gasteiger partial charge in [0.1, 0.15) is 6.33 Å². The summed E-state index contributed by atoms with van der Waals surface area (Å²) in [5, 5.41) is 8.73. The fraction of sp³-hybridized carbons (Fsp3) is 0.222. The Labute approximate surface area is 76.0 Å². The zero-order valence-corrected chi connectivity index (χ0v) is 7.27. The average Bonchev–Trinajstić information content (AvgIpc) is 2.15. The van der Waals surface area contributed by atoms with Gasteiger partial charge in [-0.25, -0.2) is 14.8 Å². The van der Waals surface area contributed by atoms with Crippen molar-refractivity contribution in [3.05, 3.63) is 29.9 Å². The molecule has 0 aliphatic rings. The fourth-order valence-corrected chi connectivity index (χ4v) is 0.901. The van der Waals surface area contributed by atoms with E-state index < -0.39 is 5.97 Å². The van der Waals surface area contributed by atoms with Crippen molar-refractivity contribution < 1.29 is 9.90 Å². The summed E-state index contributed by atoms with van der Waals surface area (Å²) in [4.78, 5) is 18.2. The molecular formula is C9H10N2O2. The van der Waals surface area contributed by atoms with E-state index in [2.05, 4.69) is 9.97 Å². The lowest BCUT2D eigenvalue weighted by molar-refractivity contribution is -0.132. The summed E-state index contributed by atoms with van der Waals surface area (Å²) in [7, 11) is 0. The minimum absolute atomic E-state index is 0.356. The van der Waals surface area contributed by atoms with E-state index in [4.69, 9.17) is 5.11 Å². The molecule has 0 amide bonds. The van der Waals surface area contributed by atoms with Gasteiger partial charge in [-0.15, -0.1) is 0 Å². The normalized spacial score (nSPS) is 11.3. The molecule has 0 spiro atoms. The van der Waals surface area contributed by atoms with Crippen molar-refractivity contribution in [1.82, 2.24) is 9.97 Å². The molecule has 0 radical (unpaired) electrons. The Bertz CT molecular complexity index is 320. The third-order valence-electron chi connectivity index (χ3n) is 1.58. The van der Waals surface area contributed by atoms with Crippen molar-refractivity contribution in [3.63, 3.8) is 0 Å². The quantitative estimate of drug-likeness (QED) is 0.709. The van der Waals surface area contributed by atoms with Crippen LogP contribution in [0.15, 0.2) is 24.3 Å². The lowest BCUT2D eigenvalue weighted by atomic mass is 10.1. The van der Waals surface area contributed by atoms with E-state index >= 15 is 0 Å². The van der Waals surface area contributed by atoms with Gasteiger partial charge in [-0.1, -0.05) is 6.92 Å². The van der Waals surface area contributed by atoms with E-state index in [1.807, 2.05) is 0 Å². The summed E-state index contributed by atoms with van der Waals surface area (Å²) in [6.45, 7) is 1.80. The number of aromatic nitrogens is 2. The molecule has 0 aliphatic carbocycles. The van der Waals surface area contributed by atoms with Gasteiger partial charge in [0.05, 0.1) is 0 Å². The predicted octanol–water partition coefficient (Wildman–Crippen LogP) is 1.35. The van der Waals surface area contributed by atoms with Crippen molar-refractivity contribution in [2.24, 2.45) is 0 Å². The fourth-order valence-electron chi connectivity index (χ4n) is 0.901. The first-order valence-corrected chi connectivity index (χ1v) is 3.93. The molecule has 68 valence electrons. The molecule has 1 heterocycles. The van der Waals surface area contributed by atoms with Gasteiger partial charge < -0.3 is 5.11 Å². The average molecular weight is 178 g/mol. The number of aliphatic carboxylic acids is 1. The topological polar surface area (TPSA) is 63.1 Å². The monoisotopic (exact) mass is 178 g/mol. The van der Waals surface area contributed by atoms with E-state index in [1.165, 1.54) is 6.33 Å². The Kier molecular flexibility index (Phi) is 3.14. The first-order valence-electron chi connectivity index (χ1n) is 3.93. The molecule has 0 atom stereocenters. The molecule has 4 nitrogen and oxygen atoms in total. The highest BCUT2D eigenvalue weighted by Gasteiger charge is 2.03. The highest BCUT2D eigenvalue weighted by Crippen LogP contribution is 2.07. The molecule has 1 aromatic rings. The van der Waals surface area contributed by atoms with Crippen LogP contribution in [0.1, 0.15) is 18.9 Å². The summed E-state index contributed by atoms with van der Waals surface area (Å²) < 4.78 is 0. The number of rotatable bonds is 3. The Hall–Kier alpha value is -1.71. The van der Waals surface area contributed by atoms with E-state index in [0.29, 0.717) is 17.6 Å². The van der Waals surface area contributed by atoms with Crippen molar-refractivity contribution in [2.75, 3.05) is 0 Å². The van der Waals surface area contributed by atoms with E-state index in [0.717, 1.165) is 0 Å². The largest absolute Gasteiger partial charge is 0.478 e. The standard InChI is InChI=1S/C9H10N2O2/c1-2-8(9(12)13)3-7-4-10-6-11-5-7/h3-6H,2H2,1H3,(H,12,13)/b8-3+. The van der Waals surface area contributed by atoms with Crippen LogP contribution in [0.5, 0.6) is 0 Å². The molecule has 0 bridgehead atoms. The molecule has 0 fully saturated rings. The second kappa shape index (κ2) is 4.35. The van der Waals surface area contributed by atoms with Crippen LogP contribution in [0.2, 0.25) is 0 Å². The molecule has 0 saturated heterocycles. The summed E-state index contributed by atoms with van der Waals surface area (Å²) in [6, 6.07) is 0. The van der Waals surface area contributed by atoms with E-state index in [1.54, 1.807) is 25.4 Å². The number of carboxylic acid groups (broad SMARTS) is 1. The van der Waals surface area contributed by atoms with Crippen LogP contribution in [0.3, 0.4) is 0 Å². The minimum atomic E-state index is -0.897. The Morgan fingerprint density at radius 2 is 2.15 bits per heavy atom. The van der Waals surface area contributed by atoms with Crippen LogP contribution in [0.25, 0.3) is 6.08 Å². The highest BCUT2D eigenvalue weighted by atomic mass is 16.4. The maximum atomic E-state index is 10.6. The Morgan fingerprint density at radius 1 is 1.54 bits per heavy atom. The molecule has 1 aromatic heterocycles. The van der Waals surface area contributed by atoms with Gasteiger partial charge in [-0.2, -0.15) is 0 Å². The highest BCUT2D eigenvalue weighted by molar-refractivity contribution is 5.91. The van der Waals surface area contributed by atoms with Gasteiger partial charge in [-0.05, 0) is 12.5 Å². The lowest BCUT2D eigenvalue weighted by Crippen LogP contribution is -1.98. The number of hydrogen-bond donors (Lipinski definition) is 1. The molecule has 13 heavy (non-hydrogen) atoms. The first kappa shape index (κ1) is 9.38. The van der Waals surface area contributed by atoms with Gasteiger partial charge in [0.15, 0.2) is 0 Å². The number of carboxylic acids is 1.